The van der Waals surface area contributed by atoms with Crippen molar-refractivity contribution in [3.63, 3.8) is 0 Å². The number of carbonyl (C=O) groups excluding carboxylic acids is 2. The zero-order chi connectivity index (χ0) is 19.9. The molecule has 0 radical (unpaired) electrons. The zero-order valence-electron chi connectivity index (χ0n) is 16.2. The number of hydrogen-bond acceptors (Lipinski definition) is 3. The molecule has 1 unspecified atom stereocenters. The highest BCUT2D eigenvalue weighted by Gasteiger charge is 2.30. The molecular formula is C21H29N3O4. The van der Waals surface area contributed by atoms with Gasteiger partial charge in [-0.25, -0.2) is 4.79 Å². The number of carboxylic acids is 1. The van der Waals surface area contributed by atoms with Gasteiger partial charge < -0.3 is 20.2 Å². The fourth-order valence-corrected chi connectivity index (χ4v) is 3.96. The van der Waals surface area contributed by atoms with E-state index in [9.17, 15) is 14.4 Å². The fourth-order valence-electron chi connectivity index (χ4n) is 3.96. The van der Waals surface area contributed by atoms with Crippen LogP contribution in [0.15, 0.2) is 30.3 Å². The van der Waals surface area contributed by atoms with Gasteiger partial charge in [-0.05, 0) is 37.7 Å². The Hall–Kier alpha value is -2.57. The molecule has 0 spiro atoms. The molecule has 2 aliphatic heterocycles. The van der Waals surface area contributed by atoms with Gasteiger partial charge in [0.25, 0.3) is 0 Å². The average molecular weight is 387 g/mol. The van der Waals surface area contributed by atoms with E-state index < -0.39 is 11.9 Å². The minimum absolute atomic E-state index is 0.0378. The summed E-state index contributed by atoms with van der Waals surface area (Å²) in [5, 5.41) is 12.2. The summed E-state index contributed by atoms with van der Waals surface area (Å²) in [6, 6.07) is 9.85. The van der Waals surface area contributed by atoms with Gasteiger partial charge in [0.15, 0.2) is 0 Å². The maximum atomic E-state index is 12.5. The van der Waals surface area contributed by atoms with Crippen LogP contribution in [0.2, 0.25) is 0 Å². The van der Waals surface area contributed by atoms with E-state index >= 15 is 0 Å². The number of carboxylic acid groups (broad SMARTS) is 1. The first kappa shape index (κ1) is 20.2. The number of amides is 3. The molecule has 1 aromatic carbocycles. The van der Waals surface area contributed by atoms with E-state index in [2.05, 4.69) is 5.32 Å². The molecule has 0 aromatic heterocycles. The summed E-state index contributed by atoms with van der Waals surface area (Å²) in [6.07, 6.45) is 4.07. The standard InChI is InChI=1S/C21H29N3O4/c25-19(9-8-16-5-2-1-3-6-16)23-13-10-18(11-14-23)22-21(28)24-12-4-7-17(15-24)20(26)27/h1-3,5-6,17-18H,4,7-15H2,(H,22,28)(H,26,27). The largest absolute Gasteiger partial charge is 0.481 e. The van der Waals surface area contributed by atoms with Crippen LogP contribution in [0.1, 0.15) is 37.7 Å². The summed E-state index contributed by atoms with van der Waals surface area (Å²) in [6.45, 7) is 2.18. The van der Waals surface area contributed by atoms with Crippen molar-refractivity contribution in [2.24, 2.45) is 5.92 Å². The average Bonchev–Trinajstić information content (AvgIpc) is 2.73. The SMILES string of the molecule is O=C(O)C1CCCN(C(=O)NC2CCN(C(=O)CCc3ccccc3)CC2)C1. The van der Waals surface area contributed by atoms with Crippen LogP contribution in [-0.2, 0) is 16.0 Å². The predicted molar refractivity (Wildman–Crippen MR) is 105 cm³/mol. The molecule has 3 amide bonds. The topological polar surface area (TPSA) is 89.9 Å². The Kier molecular flexibility index (Phi) is 6.90. The van der Waals surface area contributed by atoms with Gasteiger partial charge in [0, 0.05) is 38.6 Å². The summed E-state index contributed by atoms with van der Waals surface area (Å²) < 4.78 is 0. The second kappa shape index (κ2) is 9.57. The number of hydrogen-bond donors (Lipinski definition) is 2. The molecule has 28 heavy (non-hydrogen) atoms. The molecule has 2 saturated heterocycles. The van der Waals surface area contributed by atoms with Crippen molar-refractivity contribution in [2.75, 3.05) is 26.2 Å². The van der Waals surface area contributed by atoms with Gasteiger partial charge >= 0.3 is 12.0 Å². The maximum Gasteiger partial charge on any atom is 0.317 e. The lowest BCUT2D eigenvalue weighted by molar-refractivity contribution is -0.143. The first-order valence-corrected chi connectivity index (χ1v) is 10.1. The number of likely N-dealkylation sites (tertiary alicyclic amines) is 2. The summed E-state index contributed by atoms with van der Waals surface area (Å²) in [7, 11) is 0. The Morgan fingerprint density at radius 1 is 1.00 bits per heavy atom. The first-order chi connectivity index (χ1) is 13.5. The molecule has 0 saturated carbocycles. The van der Waals surface area contributed by atoms with Gasteiger partial charge in [-0.3, -0.25) is 9.59 Å². The number of carbonyl (C=O) groups is 3. The van der Waals surface area contributed by atoms with Crippen LogP contribution in [0.3, 0.4) is 0 Å². The van der Waals surface area contributed by atoms with E-state index in [4.69, 9.17) is 5.11 Å². The molecule has 2 N–H and O–H groups in total. The second-order valence-corrected chi connectivity index (χ2v) is 7.71. The van der Waals surface area contributed by atoms with E-state index in [1.807, 2.05) is 35.2 Å². The van der Waals surface area contributed by atoms with Crippen LogP contribution in [0.4, 0.5) is 4.79 Å². The third kappa shape index (κ3) is 5.47. The highest BCUT2D eigenvalue weighted by molar-refractivity contribution is 5.77. The van der Waals surface area contributed by atoms with Crippen LogP contribution < -0.4 is 5.32 Å². The molecule has 1 atom stereocenters. The van der Waals surface area contributed by atoms with Gasteiger partial charge in [0.2, 0.25) is 5.91 Å². The molecular weight excluding hydrogens is 358 g/mol. The van der Waals surface area contributed by atoms with Gasteiger partial charge in [-0.1, -0.05) is 30.3 Å². The van der Waals surface area contributed by atoms with E-state index in [0.29, 0.717) is 32.5 Å². The zero-order valence-corrected chi connectivity index (χ0v) is 16.2. The van der Waals surface area contributed by atoms with Crippen molar-refractivity contribution in [1.82, 2.24) is 15.1 Å². The molecule has 152 valence electrons. The summed E-state index contributed by atoms with van der Waals surface area (Å²) in [5.74, 6) is -1.14. The van der Waals surface area contributed by atoms with Gasteiger partial charge in [-0.2, -0.15) is 0 Å². The first-order valence-electron chi connectivity index (χ1n) is 10.1. The molecule has 7 nitrogen and oxygen atoms in total. The van der Waals surface area contributed by atoms with Crippen LogP contribution in [-0.4, -0.2) is 65.0 Å². The number of aryl methyl sites for hydroxylation is 1. The van der Waals surface area contributed by atoms with Crippen LogP contribution in [0, 0.1) is 5.92 Å². The molecule has 0 bridgehead atoms. The molecule has 0 aliphatic carbocycles. The van der Waals surface area contributed by atoms with Crippen LogP contribution in [0.5, 0.6) is 0 Å². The lowest BCUT2D eigenvalue weighted by atomic mass is 9.98. The van der Waals surface area contributed by atoms with Crippen molar-refractivity contribution >= 4 is 17.9 Å². The number of piperidine rings is 2. The van der Waals surface area contributed by atoms with Crippen LogP contribution >= 0.6 is 0 Å². The Balaban J connectivity index is 1.39. The van der Waals surface area contributed by atoms with Crippen LogP contribution in [0.25, 0.3) is 0 Å². The van der Waals surface area contributed by atoms with Crippen molar-refractivity contribution in [3.8, 4) is 0 Å². The second-order valence-electron chi connectivity index (χ2n) is 7.71. The maximum absolute atomic E-state index is 12.5. The Morgan fingerprint density at radius 2 is 1.71 bits per heavy atom. The smallest absolute Gasteiger partial charge is 0.317 e. The van der Waals surface area contributed by atoms with Gasteiger partial charge in [-0.15, -0.1) is 0 Å². The number of urea groups is 1. The number of aliphatic carboxylic acids is 1. The molecule has 3 rings (SSSR count). The van der Waals surface area contributed by atoms with E-state index in [0.717, 1.165) is 25.7 Å². The number of nitrogens with zero attached hydrogens (tertiary/aromatic N) is 2. The van der Waals surface area contributed by atoms with E-state index in [1.165, 1.54) is 5.56 Å². The minimum Gasteiger partial charge on any atom is -0.481 e. The fraction of sp³-hybridized carbons (Fsp3) is 0.571. The highest BCUT2D eigenvalue weighted by atomic mass is 16.4. The van der Waals surface area contributed by atoms with Crippen molar-refractivity contribution < 1.29 is 19.5 Å². The van der Waals surface area contributed by atoms with Crippen molar-refractivity contribution in [2.45, 2.75) is 44.6 Å². The highest BCUT2D eigenvalue weighted by Crippen LogP contribution is 2.18. The molecule has 2 fully saturated rings. The molecule has 7 heteroatoms. The van der Waals surface area contributed by atoms with E-state index in [-0.39, 0.29) is 24.5 Å². The lowest BCUT2D eigenvalue weighted by Gasteiger charge is -2.35. The Labute approximate surface area is 165 Å². The quantitative estimate of drug-likeness (QED) is 0.810. The minimum atomic E-state index is -0.833. The third-order valence-electron chi connectivity index (χ3n) is 5.70. The normalized spacial score (nSPS) is 20.6. The lowest BCUT2D eigenvalue weighted by Crippen LogP contribution is -2.52. The summed E-state index contributed by atoms with van der Waals surface area (Å²) >= 11 is 0. The summed E-state index contributed by atoms with van der Waals surface area (Å²) in [5.41, 5.74) is 1.17. The molecule has 1 aromatic rings. The number of rotatable bonds is 5. The van der Waals surface area contributed by atoms with Crippen molar-refractivity contribution in [1.29, 1.82) is 0 Å². The predicted octanol–water partition coefficient (Wildman–Crippen LogP) is 2.12. The third-order valence-corrected chi connectivity index (χ3v) is 5.70. The number of benzene rings is 1. The molecule has 2 heterocycles. The van der Waals surface area contributed by atoms with Gasteiger partial charge in [0.05, 0.1) is 5.92 Å². The molecule has 2 aliphatic rings. The monoisotopic (exact) mass is 387 g/mol. The van der Waals surface area contributed by atoms with E-state index in [1.54, 1.807) is 4.90 Å². The van der Waals surface area contributed by atoms with Gasteiger partial charge in [0.1, 0.15) is 0 Å². The summed E-state index contributed by atoms with van der Waals surface area (Å²) in [4.78, 5) is 39.5. The Bertz CT molecular complexity index is 686. The Morgan fingerprint density at radius 3 is 2.39 bits per heavy atom. The number of nitrogens with one attached hydrogen (secondary N) is 1. The van der Waals surface area contributed by atoms with Crippen molar-refractivity contribution in [3.05, 3.63) is 35.9 Å².